The van der Waals surface area contributed by atoms with E-state index in [1.165, 1.54) is 24.8 Å². The summed E-state index contributed by atoms with van der Waals surface area (Å²) in [6, 6.07) is 3.55. The van der Waals surface area contributed by atoms with Gasteiger partial charge in [-0.2, -0.15) is 0 Å². The van der Waals surface area contributed by atoms with Gasteiger partial charge in [0.2, 0.25) is 5.91 Å². The molecule has 1 aromatic rings. The molecule has 1 saturated heterocycles. The van der Waals surface area contributed by atoms with Crippen LogP contribution in [0.2, 0.25) is 0 Å². The van der Waals surface area contributed by atoms with Crippen LogP contribution >= 0.6 is 0 Å². The number of aromatic nitrogens is 1. The molecule has 5 heteroatoms. The lowest BCUT2D eigenvalue weighted by Gasteiger charge is -2.36. The summed E-state index contributed by atoms with van der Waals surface area (Å²) in [4.78, 5) is 31.6. The van der Waals surface area contributed by atoms with Gasteiger partial charge in [0.05, 0.1) is 6.61 Å². The van der Waals surface area contributed by atoms with Crippen molar-refractivity contribution >= 4 is 11.9 Å². The van der Waals surface area contributed by atoms with Crippen molar-refractivity contribution in [3.63, 3.8) is 0 Å². The molecule has 0 N–H and O–H groups in total. The number of piperidine rings is 1. The van der Waals surface area contributed by atoms with Crippen molar-refractivity contribution in [1.82, 2.24) is 9.88 Å². The van der Waals surface area contributed by atoms with E-state index in [0.29, 0.717) is 25.1 Å². The summed E-state index contributed by atoms with van der Waals surface area (Å²) in [5, 5.41) is 0. The second-order valence-electron chi connectivity index (χ2n) is 8.36. The third-order valence-electron chi connectivity index (χ3n) is 6.24. The zero-order valence-electron chi connectivity index (χ0n) is 17.5. The van der Waals surface area contributed by atoms with Crippen LogP contribution in [-0.2, 0) is 20.7 Å². The summed E-state index contributed by atoms with van der Waals surface area (Å²) >= 11 is 0. The molecule has 29 heavy (non-hydrogen) atoms. The minimum Gasteiger partial charge on any atom is -0.464 e. The highest BCUT2D eigenvalue weighted by Gasteiger charge is 2.35. The predicted octanol–water partition coefficient (Wildman–Crippen LogP) is 4.47. The van der Waals surface area contributed by atoms with Crippen molar-refractivity contribution in [3.05, 3.63) is 42.2 Å². The molecular formula is C24H34N2O3. The molecule has 5 nitrogen and oxygen atoms in total. The van der Waals surface area contributed by atoms with Crippen molar-refractivity contribution in [2.75, 3.05) is 13.2 Å². The lowest BCUT2D eigenvalue weighted by Crippen LogP contribution is -2.49. The summed E-state index contributed by atoms with van der Waals surface area (Å²) in [5.74, 6) is -0.00618. The minimum atomic E-state index is -0.449. The molecule has 158 valence electrons. The number of carbonyl (C=O) groups is 2. The van der Waals surface area contributed by atoms with E-state index in [0.717, 1.165) is 44.9 Å². The number of aryl methyl sites for hydroxylation is 1. The number of hydrogen-bond acceptors (Lipinski definition) is 4. The highest BCUT2D eigenvalue weighted by molar-refractivity contribution is 5.96. The summed E-state index contributed by atoms with van der Waals surface area (Å²) in [6.07, 6.45) is 14.6. The van der Waals surface area contributed by atoms with Gasteiger partial charge < -0.3 is 9.64 Å². The molecule has 1 amide bonds. The lowest BCUT2D eigenvalue weighted by molar-refractivity contribution is -0.156. The summed E-state index contributed by atoms with van der Waals surface area (Å²) in [6.45, 7) is 5.15. The molecule has 0 aromatic carbocycles. The van der Waals surface area contributed by atoms with Crippen LogP contribution in [0.3, 0.4) is 0 Å². The zero-order valence-corrected chi connectivity index (χ0v) is 17.5. The summed E-state index contributed by atoms with van der Waals surface area (Å²) < 4.78 is 5.55. The molecule has 1 unspecified atom stereocenters. The van der Waals surface area contributed by atoms with Crippen molar-refractivity contribution < 1.29 is 14.3 Å². The fourth-order valence-electron chi connectivity index (χ4n) is 4.48. The van der Waals surface area contributed by atoms with Gasteiger partial charge in [-0.05, 0) is 68.9 Å². The Morgan fingerprint density at radius 3 is 2.66 bits per heavy atom. The average Bonchev–Trinajstić information content (AvgIpc) is 2.79. The number of esters is 1. The number of hydrogen-bond donors (Lipinski definition) is 0. The molecule has 2 aliphatic rings. The Bertz CT molecular complexity index is 683. The molecule has 0 radical (unpaired) electrons. The molecule has 1 aliphatic carbocycles. The van der Waals surface area contributed by atoms with Crippen LogP contribution in [0.15, 0.2) is 36.7 Å². The van der Waals surface area contributed by atoms with Crippen molar-refractivity contribution in [3.8, 4) is 0 Å². The topological polar surface area (TPSA) is 59.5 Å². The maximum atomic E-state index is 13.1. The highest BCUT2D eigenvalue weighted by Crippen LogP contribution is 2.31. The Labute approximate surface area is 174 Å². The van der Waals surface area contributed by atoms with E-state index in [1.54, 1.807) is 11.1 Å². The van der Waals surface area contributed by atoms with Gasteiger partial charge in [0.25, 0.3) is 0 Å². The van der Waals surface area contributed by atoms with Crippen LogP contribution in [0.1, 0.15) is 69.8 Å². The molecule has 0 bridgehead atoms. The molecule has 3 rings (SSSR count). The van der Waals surface area contributed by atoms with Crippen LogP contribution < -0.4 is 0 Å². The number of rotatable bonds is 8. The van der Waals surface area contributed by atoms with Crippen molar-refractivity contribution in [2.24, 2.45) is 5.92 Å². The molecule has 1 aliphatic heterocycles. The molecule has 2 fully saturated rings. The minimum absolute atomic E-state index is 0.0323. The van der Waals surface area contributed by atoms with Crippen LogP contribution in [0.4, 0.5) is 0 Å². The van der Waals surface area contributed by atoms with Gasteiger partial charge in [-0.25, -0.2) is 4.79 Å². The third kappa shape index (κ3) is 6.15. The molecule has 1 saturated carbocycles. The highest BCUT2D eigenvalue weighted by atomic mass is 16.5. The van der Waals surface area contributed by atoms with Gasteiger partial charge in [-0.1, -0.05) is 31.9 Å². The number of ether oxygens (including phenoxy) is 1. The number of unbranched alkanes of at least 4 members (excludes halogenated alkanes) is 1. The monoisotopic (exact) mass is 398 g/mol. The number of nitrogens with zero attached hydrogens (tertiary/aromatic N) is 2. The average molecular weight is 399 g/mol. The van der Waals surface area contributed by atoms with E-state index in [2.05, 4.69) is 17.6 Å². The zero-order chi connectivity index (χ0) is 20.5. The lowest BCUT2D eigenvalue weighted by atomic mass is 9.83. The van der Waals surface area contributed by atoms with Crippen LogP contribution in [0, 0.1) is 5.92 Å². The van der Waals surface area contributed by atoms with Gasteiger partial charge in [0.15, 0.2) is 0 Å². The molecule has 0 spiro atoms. The molecule has 2 heterocycles. The quantitative estimate of drug-likeness (QED) is 0.368. The first-order chi connectivity index (χ1) is 14.2. The Morgan fingerprint density at radius 1 is 1.10 bits per heavy atom. The van der Waals surface area contributed by atoms with Gasteiger partial charge >= 0.3 is 5.97 Å². The van der Waals surface area contributed by atoms with Crippen LogP contribution in [0.5, 0.6) is 0 Å². The van der Waals surface area contributed by atoms with Crippen LogP contribution in [0.25, 0.3) is 0 Å². The molecule has 1 atom stereocenters. The van der Waals surface area contributed by atoms with E-state index in [4.69, 9.17) is 4.74 Å². The Balaban J connectivity index is 1.45. The normalized spacial score (nSPS) is 20.3. The molecular weight excluding hydrogens is 364 g/mol. The van der Waals surface area contributed by atoms with Gasteiger partial charge in [-0.3, -0.25) is 9.78 Å². The second kappa shape index (κ2) is 11.1. The Morgan fingerprint density at radius 2 is 1.90 bits per heavy atom. The predicted molar refractivity (Wildman–Crippen MR) is 113 cm³/mol. The number of pyridine rings is 1. The first kappa shape index (κ1) is 21.5. The summed E-state index contributed by atoms with van der Waals surface area (Å²) in [7, 11) is 0. The fraction of sp³-hybridized carbons (Fsp3) is 0.625. The number of likely N-dealkylation sites (tertiary alicyclic amines) is 1. The SMILES string of the molecule is C=C(C(=O)N1CCCCC1C(=O)OCCCCc1cccnc1)C1CCCCC1. The Kier molecular flexibility index (Phi) is 8.26. The van der Waals surface area contributed by atoms with E-state index in [9.17, 15) is 9.59 Å². The van der Waals surface area contributed by atoms with Gasteiger partial charge in [0.1, 0.15) is 6.04 Å². The van der Waals surface area contributed by atoms with E-state index in [-0.39, 0.29) is 17.8 Å². The van der Waals surface area contributed by atoms with E-state index < -0.39 is 6.04 Å². The molecule has 1 aromatic heterocycles. The van der Waals surface area contributed by atoms with E-state index in [1.807, 2.05) is 12.3 Å². The smallest absolute Gasteiger partial charge is 0.328 e. The maximum absolute atomic E-state index is 13.1. The summed E-state index contributed by atoms with van der Waals surface area (Å²) in [5.41, 5.74) is 1.89. The standard InChI is InChI=1S/C24H34N2O3/c1-19(21-12-3-2-4-13-21)23(27)26-16-7-5-14-22(26)24(28)29-17-8-6-10-20-11-9-15-25-18-20/h9,11,15,18,21-22H,1-8,10,12-14,16-17H2. The third-order valence-corrected chi connectivity index (χ3v) is 6.24. The Hall–Kier alpha value is -2.17. The van der Waals surface area contributed by atoms with Gasteiger partial charge in [-0.15, -0.1) is 0 Å². The van der Waals surface area contributed by atoms with Crippen LogP contribution in [-0.4, -0.2) is 41.0 Å². The first-order valence-corrected chi connectivity index (χ1v) is 11.2. The van der Waals surface area contributed by atoms with Gasteiger partial charge in [0, 0.05) is 24.5 Å². The van der Waals surface area contributed by atoms with Crippen molar-refractivity contribution in [1.29, 1.82) is 0 Å². The number of carbonyl (C=O) groups excluding carboxylic acids is 2. The second-order valence-corrected chi connectivity index (χ2v) is 8.36. The van der Waals surface area contributed by atoms with E-state index >= 15 is 0 Å². The number of amides is 1. The largest absolute Gasteiger partial charge is 0.464 e. The fourth-order valence-corrected chi connectivity index (χ4v) is 4.48. The van der Waals surface area contributed by atoms with Crippen molar-refractivity contribution in [2.45, 2.75) is 76.7 Å². The first-order valence-electron chi connectivity index (χ1n) is 11.2. The maximum Gasteiger partial charge on any atom is 0.328 e.